The van der Waals surface area contributed by atoms with Crippen molar-refractivity contribution in [3.63, 3.8) is 0 Å². The second-order valence-electron chi connectivity index (χ2n) is 8.20. The zero-order valence-electron chi connectivity index (χ0n) is 19.6. The van der Waals surface area contributed by atoms with Crippen LogP contribution in [-0.4, -0.2) is 5.91 Å². The summed E-state index contributed by atoms with van der Waals surface area (Å²) in [7, 11) is 0. The van der Waals surface area contributed by atoms with E-state index in [1.54, 1.807) is 18.2 Å². The number of carbonyl (C=O) groups is 1. The molecule has 0 unspecified atom stereocenters. The van der Waals surface area contributed by atoms with Crippen molar-refractivity contribution in [2.45, 2.75) is 26.9 Å². The average Bonchev–Trinajstić information content (AvgIpc) is 2.87. The van der Waals surface area contributed by atoms with Gasteiger partial charge in [0, 0.05) is 11.3 Å². The summed E-state index contributed by atoms with van der Waals surface area (Å²) in [5.41, 5.74) is 4.59. The first-order valence-electron chi connectivity index (χ1n) is 11.4. The summed E-state index contributed by atoms with van der Waals surface area (Å²) < 4.78 is 6.05. The number of carbonyl (C=O) groups excluding carboxylic acids is 1. The molecule has 0 atom stereocenters. The Morgan fingerprint density at radius 1 is 1.06 bits per heavy atom. The standard InChI is InChI=1S/C30H25ClN2O2/c1-3-22-8-5-7-11-28(22)33-30(34)24(18-32)16-21-13-15-29(27(31)17-21)35-19-26-20(2)12-14-23-9-4-6-10-25(23)26/h4-17H,3,19H2,1-2H3,(H,33,34)/b24-16+. The van der Waals surface area contributed by atoms with Crippen LogP contribution in [0.15, 0.2) is 84.4 Å². The van der Waals surface area contributed by atoms with Gasteiger partial charge in [-0.3, -0.25) is 4.79 Å². The highest BCUT2D eigenvalue weighted by Crippen LogP contribution is 2.29. The van der Waals surface area contributed by atoms with Crippen LogP contribution in [0.1, 0.15) is 29.2 Å². The lowest BCUT2D eigenvalue weighted by molar-refractivity contribution is -0.112. The fraction of sp³-hybridized carbons (Fsp3) is 0.133. The van der Waals surface area contributed by atoms with Gasteiger partial charge in [-0.05, 0) is 65.1 Å². The smallest absolute Gasteiger partial charge is 0.266 e. The van der Waals surface area contributed by atoms with Gasteiger partial charge in [0.1, 0.15) is 24.0 Å². The maximum absolute atomic E-state index is 12.7. The van der Waals surface area contributed by atoms with E-state index < -0.39 is 5.91 Å². The predicted molar refractivity (Wildman–Crippen MR) is 143 cm³/mol. The monoisotopic (exact) mass is 480 g/mol. The van der Waals surface area contributed by atoms with Crippen LogP contribution in [-0.2, 0) is 17.8 Å². The maximum atomic E-state index is 12.7. The number of hydrogen-bond acceptors (Lipinski definition) is 3. The van der Waals surface area contributed by atoms with Crippen molar-refractivity contribution in [1.29, 1.82) is 5.26 Å². The number of halogens is 1. The van der Waals surface area contributed by atoms with Crippen LogP contribution in [0.25, 0.3) is 16.8 Å². The molecule has 0 aliphatic heterocycles. The topological polar surface area (TPSA) is 62.1 Å². The van der Waals surface area contributed by atoms with E-state index in [9.17, 15) is 10.1 Å². The highest BCUT2D eigenvalue weighted by molar-refractivity contribution is 6.32. The minimum atomic E-state index is -0.462. The third-order valence-corrected chi connectivity index (χ3v) is 6.22. The molecule has 0 aliphatic rings. The number of nitriles is 1. The van der Waals surface area contributed by atoms with Gasteiger partial charge in [0.2, 0.25) is 0 Å². The van der Waals surface area contributed by atoms with Crippen LogP contribution in [0.2, 0.25) is 5.02 Å². The van der Waals surface area contributed by atoms with Crippen molar-refractivity contribution in [3.8, 4) is 11.8 Å². The van der Waals surface area contributed by atoms with Gasteiger partial charge in [-0.15, -0.1) is 0 Å². The normalized spacial score (nSPS) is 11.2. The average molecular weight is 481 g/mol. The molecule has 4 aromatic carbocycles. The fourth-order valence-electron chi connectivity index (χ4n) is 3.97. The highest BCUT2D eigenvalue weighted by atomic mass is 35.5. The van der Waals surface area contributed by atoms with Crippen LogP contribution in [0.4, 0.5) is 5.69 Å². The number of anilines is 1. The molecule has 5 heteroatoms. The number of rotatable bonds is 7. The number of ether oxygens (including phenoxy) is 1. The van der Waals surface area contributed by atoms with Gasteiger partial charge in [0.25, 0.3) is 5.91 Å². The molecular formula is C30H25ClN2O2. The molecule has 4 rings (SSSR count). The third-order valence-electron chi connectivity index (χ3n) is 5.93. The van der Waals surface area contributed by atoms with E-state index in [4.69, 9.17) is 16.3 Å². The molecule has 0 heterocycles. The third kappa shape index (κ3) is 5.54. The molecule has 1 amide bonds. The zero-order chi connectivity index (χ0) is 24.8. The summed E-state index contributed by atoms with van der Waals surface area (Å²) in [6.45, 7) is 4.46. The number of nitrogens with zero attached hydrogens (tertiary/aromatic N) is 1. The molecule has 0 bridgehead atoms. The molecule has 174 valence electrons. The summed E-state index contributed by atoms with van der Waals surface area (Å²) in [4.78, 5) is 12.7. The number of fused-ring (bicyclic) bond motifs is 1. The van der Waals surface area contributed by atoms with Crippen LogP contribution in [0.5, 0.6) is 5.75 Å². The van der Waals surface area contributed by atoms with Crippen molar-refractivity contribution in [2.24, 2.45) is 0 Å². The molecule has 35 heavy (non-hydrogen) atoms. The zero-order valence-corrected chi connectivity index (χ0v) is 20.4. The second-order valence-corrected chi connectivity index (χ2v) is 8.60. The van der Waals surface area contributed by atoms with Crippen molar-refractivity contribution in [2.75, 3.05) is 5.32 Å². The quantitative estimate of drug-likeness (QED) is 0.220. The molecule has 0 saturated heterocycles. The number of hydrogen-bond donors (Lipinski definition) is 1. The number of para-hydroxylation sites is 1. The fourth-order valence-corrected chi connectivity index (χ4v) is 4.21. The molecule has 0 saturated carbocycles. The Bertz CT molecular complexity index is 1470. The Morgan fingerprint density at radius 3 is 2.60 bits per heavy atom. The van der Waals surface area contributed by atoms with E-state index in [1.807, 2.05) is 49.4 Å². The lowest BCUT2D eigenvalue weighted by Gasteiger charge is -2.13. The van der Waals surface area contributed by atoms with Crippen LogP contribution in [0.3, 0.4) is 0 Å². The molecular weight excluding hydrogens is 456 g/mol. The Labute approximate surface area is 210 Å². The minimum Gasteiger partial charge on any atom is -0.487 e. The Balaban J connectivity index is 1.51. The SMILES string of the molecule is CCc1ccccc1NC(=O)/C(C#N)=C/c1ccc(OCc2c(C)ccc3ccccc23)c(Cl)c1. The van der Waals surface area contributed by atoms with E-state index in [0.29, 0.717) is 28.6 Å². The summed E-state index contributed by atoms with van der Waals surface area (Å²) in [5, 5.41) is 15.1. The lowest BCUT2D eigenvalue weighted by Crippen LogP contribution is -2.14. The lowest BCUT2D eigenvalue weighted by atomic mass is 10.0. The van der Waals surface area contributed by atoms with Gasteiger partial charge in [-0.1, -0.05) is 79.2 Å². The first-order valence-corrected chi connectivity index (χ1v) is 11.8. The second kappa shape index (κ2) is 10.9. The van der Waals surface area contributed by atoms with Gasteiger partial charge in [-0.2, -0.15) is 5.26 Å². The molecule has 0 radical (unpaired) electrons. The van der Waals surface area contributed by atoms with Crippen molar-refractivity contribution in [3.05, 3.63) is 112 Å². The van der Waals surface area contributed by atoms with E-state index in [1.165, 1.54) is 6.08 Å². The summed E-state index contributed by atoms with van der Waals surface area (Å²) in [6, 6.07) is 27.2. The first-order chi connectivity index (χ1) is 17.0. The van der Waals surface area contributed by atoms with Crippen LogP contribution < -0.4 is 10.1 Å². The van der Waals surface area contributed by atoms with E-state index in [-0.39, 0.29) is 5.57 Å². The van der Waals surface area contributed by atoms with Gasteiger partial charge in [-0.25, -0.2) is 0 Å². The molecule has 0 spiro atoms. The van der Waals surface area contributed by atoms with Crippen LogP contribution >= 0.6 is 11.6 Å². The van der Waals surface area contributed by atoms with Gasteiger partial charge in [0.15, 0.2) is 0 Å². The largest absolute Gasteiger partial charge is 0.487 e. The van der Waals surface area contributed by atoms with E-state index in [2.05, 4.69) is 36.5 Å². The number of aryl methyl sites for hydroxylation is 2. The van der Waals surface area contributed by atoms with Gasteiger partial charge < -0.3 is 10.1 Å². The van der Waals surface area contributed by atoms with Gasteiger partial charge >= 0.3 is 0 Å². The van der Waals surface area contributed by atoms with Crippen molar-refractivity contribution >= 4 is 40.0 Å². The highest BCUT2D eigenvalue weighted by Gasteiger charge is 2.13. The van der Waals surface area contributed by atoms with Crippen molar-refractivity contribution in [1.82, 2.24) is 0 Å². The predicted octanol–water partition coefficient (Wildman–Crippen LogP) is 7.49. The van der Waals surface area contributed by atoms with E-state index in [0.717, 1.165) is 33.9 Å². The van der Waals surface area contributed by atoms with E-state index >= 15 is 0 Å². The summed E-state index contributed by atoms with van der Waals surface area (Å²) in [6.07, 6.45) is 2.30. The molecule has 0 fully saturated rings. The maximum Gasteiger partial charge on any atom is 0.266 e. The number of amides is 1. The Hall–Kier alpha value is -4.07. The van der Waals surface area contributed by atoms with Crippen LogP contribution in [0, 0.1) is 18.3 Å². The molecule has 1 N–H and O–H groups in total. The molecule has 4 aromatic rings. The Kier molecular flexibility index (Phi) is 7.50. The molecule has 4 nitrogen and oxygen atoms in total. The number of benzene rings is 4. The Morgan fingerprint density at radius 2 is 1.83 bits per heavy atom. The van der Waals surface area contributed by atoms with Gasteiger partial charge in [0.05, 0.1) is 5.02 Å². The van der Waals surface area contributed by atoms with Crippen molar-refractivity contribution < 1.29 is 9.53 Å². The first kappa shape index (κ1) is 24.1. The summed E-state index contributed by atoms with van der Waals surface area (Å²) in [5.74, 6) is 0.0762. The minimum absolute atomic E-state index is 0.00739. The molecule has 0 aromatic heterocycles. The summed E-state index contributed by atoms with van der Waals surface area (Å²) >= 11 is 6.49. The number of nitrogens with one attached hydrogen (secondary N) is 1. The molecule has 0 aliphatic carbocycles.